The van der Waals surface area contributed by atoms with E-state index in [1.807, 2.05) is 0 Å². The summed E-state index contributed by atoms with van der Waals surface area (Å²) in [4.78, 5) is 1.05. The molecule has 0 bridgehead atoms. The largest absolute Gasteiger partial charge is 1.00 e. The summed E-state index contributed by atoms with van der Waals surface area (Å²) in [7, 11) is 0. The van der Waals surface area contributed by atoms with Gasteiger partial charge < -0.3 is 1.43 Å². The molecule has 1 aromatic carbocycles. The Hall–Kier alpha value is 1.21. The molecule has 0 aliphatic heterocycles. The average molecular weight is 178 g/mol. The Morgan fingerprint density at radius 2 is 1.50 bits per heavy atom. The van der Waals surface area contributed by atoms with Gasteiger partial charge in [-0.05, 0) is 37.1 Å². The van der Waals surface area contributed by atoms with E-state index in [1.54, 1.807) is 0 Å². The van der Waals surface area contributed by atoms with E-state index in [9.17, 15) is 0 Å². The number of thiol groups is 1. The quantitative estimate of drug-likeness (QED) is 0.410. The first kappa shape index (κ1) is 11.2. The van der Waals surface area contributed by atoms with Crippen LogP contribution in [0.25, 0.3) is 0 Å². The van der Waals surface area contributed by atoms with Crippen LogP contribution in [0.3, 0.4) is 0 Å². The van der Waals surface area contributed by atoms with E-state index >= 15 is 0 Å². The van der Waals surface area contributed by atoms with Crippen LogP contribution in [-0.2, 0) is 0 Å². The van der Waals surface area contributed by atoms with Crippen molar-refractivity contribution in [2.24, 2.45) is 0 Å². The zero-order valence-electron chi connectivity index (χ0n) is 7.68. The van der Waals surface area contributed by atoms with Crippen LogP contribution in [0.2, 0.25) is 0 Å². The molecule has 10 heavy (non-hydrogen) atoms. The second-order valence-corrected chi connectivity index (χ2v) is 2.86. The summed E-state index contributed by atoms with van der Waals surface area (Å²) >= 11 is 4.22. The van der Waals surface area contributed by atoms with Crippen LogP contribution in [-0.4, -0.2) is 0 Å². The van der Waals surface area contributed by atoms with Crippen LogP contribution in [0.4, 0.5) is 0 Å². The van der Waals surface area contributed by atoms with E-state index in [4.69, 9.17) is 0 Å². The van der Waals surface area contributed by atoms with Gasteiger partial charge in [-0.2, -0.15) is 0 Å². The monoisotopic (exact) mass is 178 g/mol. The van der Waals surface area contributed by atoms with Gasteiger partial charge in [0.1, 0.15) is 0 Å². The Balaban J connectivity index is 0. The molecule has 1 rings (SSSR count). The smallest absolute Gasteiger partial charge is 1.00 e. The molecule has 0 saturated heterocycles. The van der Waals surface area contributed by atoms with Crippen LogP contribution in [0, 0.1) is 13.8 Å². The molecule has 0 aliphatic carbocycles. The van der Waals surface area contributed by atoms with E-state index in [-0.39, 0.29) is 52.8 Å². The van der Waals surface area contributed by atoms with Crippen molar-refractivity contribution >= 4 is 12.6 Å². The molecule has 0 aromatic heterocycles. The molecule has 0 heterocycles. The predicted octanol–water partition coefficient (Wildman–Crippen LogP) is -0.291. The Morgan fingerprint density at radius 3 is 1.80 bits per heavy atom. The van der Waals surface area contributed by atoms with Crippen molar-refractivity contribution in [3.63, 3.8) is 0 Å². The van der Waals surface area contributed by atoms with Gasteiger partial charge in [0.25, 0.3) is 0 Å². The van der Waals surface area contributed by atoms with Crippen LogP contribution < -0.4 is 51.4 Å². The van der Waals surface area contributed by atoms with E-state index < -0.39 is 0 Å². The zero-order chi connectivity index (χ0) is 6.85. The van der Waals surface area contributed by atoms with Crippen molar-refractivity contribution in [2.45, 2.75) is 18.7 Å². The third kappa shape index (κ3) is 3.55. The van der Waals surface area contributed by atoms with Crippen LogP contribution in [0.1, 0.15) is 12.6 Å². The average Bonchev–Trinajstić information content (AvgIpc) is 1.59. The Kier molecular flexibility index (Phi) is 5.56. The van der Waals surface area contributed by atoms with Crippen LogP contribution in [0.5, 0.6) is 0 Å². The Labute approximate surface area is 112 Å². The van der Waals surface area contributed by atoms with Gasteiger partial charge in [0, 0.05) is 4.90 Å². The van der Waals surface area contributed by atoms with Crippen molar-refractivity contribution in [3.05, 3.63) is 29.3 Å². The standard InChI is InChI=1S/C8H10S.K.H/c1-6-3-7(2)5-8(9)4-6;;/h3-5,9H,1-2H3;;/q;+1;-1. The second kappa shape index (κ2) is 4.96. The number of aryl methyl sites for hydroxylation is 2. The number of benzene rings is 1. The van der Waals surface area contributed by atoms with Crippen molar-refractivity contribution in [2.75, 3.05) is 0 Å². The topological polar surface area (TPSA) is 0 Å². The van der Waals surface area contributed by atoms with E-state index in [1.165, 1.54) is 11.1 Å². The van der Waals surface area contributed by atoms with Gasteiger partial charge >= 0.3 is 51.4 Å². The molecule has 0 aliphatic rings. The van der Waals surface area contributed by atoms with E-state index in [0.717, 1.165) is 4.90 Å². The Morgan fingerprint density at radius 1 is 1.10 bits per heavy atom. The van der Waals surface area contributed by atoms with E-state index in [0.29, 0.717) is 0 Å². The summed E-state index contributed by atoms with van der Waals surface area (Å²) in [6.07, 6.45) is 0. The molecule has 0 fully saturated rings. The van der Waals surface area contributed by atoms with Gasteiger partial charge in [-0.1, -0.05) is 6.07 Å². The fourth-order valence-corrected chi connectivity index (χ4v) is 1.36. The third-order valence-corrected chi connectivity index (χ3v) is 1.46. The molecule has 0 unspecified atom stereocenters. The maximum atomic E-state index is 4.22. The molecule has 0 saturated carbocycles. The summed E-state index contributed by atoms with van der Waals surface area (Å²) in [5.41, 5.74) is 2.56. The summed E-state index contributed by atoms with van der Waals surface area (Å²) in [6.45, 7) is 4.15. The molecule has 0 amide bonds. The molecule has 1 aromatic rings. The summed E-state index contributed by atoms with van der Waals surface area (Å²) in [6, 6.07) is 6.24. The van der Waals surface area contributed by atoms with Gasteiger partial charge in [-0.15, -0.1) is 12.6 Å². The van der Waals surface area contributed by atoms with Crippen LogP contribution in [0.15, 0.2) is 23.1 Å². The molecular formula is C8H11KS. The molecule has 0 N–H and O–H groups in total. The molecule has 0 radical (unpaired) electrons. The minimum absolute atomic E-state index is 0. The Bertz CT molecular complexity index is 175. The van der Waals surface area contributed by atoms with Gasteiger partial charge in [-0.25, -0.2) is 0 Å². The number of hydrogen-bond donors (Lipinski definition) is 1. The van der Waals surface area contributed by atoms with Gasteiger partial charge in [0.15, 0.2) is 0 Å². The summed E-state index contributed by atoms with van der Waals surface area (Å²) in [5, 5.41) is 0. The van der Waals surface area contributed by atoms with Gasteiger partial charge in [-0.3, -0.25) is 0 Å². The minimum Gasteiger partial charge on any atom is -1.00 e. The number of rotatable bonds is 0. The zero-order valence-corrected chi connectivity index (χ0v) is 10.7. The van der Waals surface area contributed by atoms with Crippen molar-refractivity contribution in [1.29, 1.82) is 0 Å². The number of hydrogen-bond acceptors (Lipinski definition) is 1. The molecule has 0 atom stereocenters. The van der Waals surface area contributed by atoms with Gasteiger partial charge in [0.05, 0.1) is 0 Å². The maximum absolute atomic E-state index is 4.22. The van der Waals surface area contributed by atoms with Crippen molar-refractivity contribution < 1.29 is 52.8 Å². The predicted molar refractivity (Wildman–Crippen MR) is 44.3 cm³/mol. The van der Waals surface area contributed by atoms with Crippen molar-refractivity contribution in [3.8, 4) is 0 Å². The summed E-state index contributed by atoms with van der Waals surface area (Å²) in [5.74, 6) is 0. The first-order chi connectivity index (χ1) is 4.18. The molecule has 0 nitrogen and oxygen atoms in total. The molecule has 2 heteroatoms. The second-order valence-electron chi connectivity index (χ2n) is 2.35. The SMILES string of the molecule is Cc1cc(C)cc(S)c1.[H-].[K+]. The van der Waals surface area contributed by atoms with Crippen LogP contribution >= 0.6 is 12.6 Å². The minimum atomic E-state index is 0. The van der Waals surface area contributed by atoms with Crippen molar-refractivity contribution in [1.82, 2.24) is 0 Å². The maximum Gasteiger partial charge on any atom is 1.00 e. The van der Waals surface area contributed by atoms with E-state index in [2.05, 4.69) is 44.7 Å². The molecule has 50 valence electrons. The third-order valence-electron chi connectivity index (χ3n) is 1.21. The van der Waals surface area contributed by atoms with Gasteiger partial charge in [0.2, 0.25) is 0 Å². The summed E-state index contributed by atoms with van der Waals surface area (Å²) < 4.78 is 0. The normalized spacial score (nSPS) is 8.70. The molecular weight excluding hydrogens is 167 g/mol. The first-order valence-electron chi connectivity index (χ1n) is 2.96. The fraction of sp³-hybridized carbons (Fsp3) is 0.250. The molecule has 0 spiro atoms. The fourth-order valence-electron chi connectivity index (χ4n) is 0.951. The first-order valence-corrected chi connectivity index (χ1v) is 3.40.